The van der Waals surface area contributed by atoms with Gasteiger partial charge in [0.15, 0.2) is 0 Å². The number of aliphatic hydroxyl groups excluding tert-OH is 3. The highest BCUT2D eigenvalue weighted by molar-refractivity contribution is 4.89. The predicted molar refractivity (Wildman–Crippen MR) is 40.1 cm³/mol. The van der Waals surface area contributed by atoms with Gasteiger partial charge in [-0.05, 0) is 6.92 Å². The van der Waals surface area contributed by atoms with Crippen LogP contribution < -0.4 is 5.32 Å². The van der Waals surface area contributed by atoms with Crippen molar-refractivity contribution in [3.63, 3.8) is 0 Å². The number of piperidine rings is 1. The van der Waals surface area contributed by atoms with Crippen molar-refractivity contribution in [2.45, 2.75) is 37.6 Å². The summed E-state index contributed by atoms with van der Waals surface area (Å²) in [6.45, 7) is 1.75. The molecule has 0 amide bonds. The first kappa shape index (κ1) is 8.93. The quantitative estimate of drug-likeness (QED) is 0.376. The van der Waals surface area contributed by atoms with Crippen molar-refractivity contribution in [2.75, 3.05) is 6.61 Å². The van der Waals surface area contributed by atoms with Crippen LogP contribution in [0.1, 0.15) is 13.3 Å². The van der Waals surface area contributed by atoms with Crippen molar-refractivity contribution in [3.8, 4) is 0 Å². The molecule has 0 radical (unpaired) electrons. The van der Waals surface area contributed by atoms with Crippen LogP contribution in [0.25, 0.3) is 0 Å². The van der Waals surface area contributed by atoms with Crippen molar-refractivity contribution < 1.29 is 15.3 Å². The smallest absolute Gasteiger partial charge is 0.0740 e. The van der Waals surface area contributed by atoms with E-state index in [4.69, 9.17) is 5.11 Å². The molecular formula is C7H15NO3. The van der Waals surface area contributed by atoms with Gasteiger partial charge in [0.1, 0.15) is 0 Å². The van der Waals surface area contributed by atoms with E-state index in [-0.39, 0.29) is 18.7 Å². The van der Waals surface area contributed by atoms with Crippen LogP contribution in [0, 0.1) is 0 Å². The number of nitrogens with one attached hydrogen (secondary N) is 1. The normalized spacial score (nSPS) is 45.8. The second kappa shape index (κ2) is 3.49. The van der Waals surface area contributed by atoms with E-state index in [1.165, 1.54) is 0 Å². The molecule has 0 saturated carbocycles. The van der Waals surface area contributed by atoms with E-state index in [1.54, 1.807) is 0 Å². The summed E-state index contributed by atoms with van der Waals surface area (Å²) >= 11 is 0. The van der Waals surface area contributed by atoms with Gasteiger partial charge in [-0.2, -0.15) is 0 Å². The Hall–Kier alpha value is -0.160. The third kappa shape index (κ3) is 1.90. The Balaban J connectivity index is 2.48. The average Bonchev–Trinajstić information content (AvgIpc) is 1.97. The minimum Gasteiger partial charge on any atom is -0.395 e. The Bertz CT molecular complexity index is 131. The monoisotopic (exact) mass is 161 g/mol. The lowest BCUT2D eigenvalue weighted by atomic mass is 9.94. The van der Waals surface area contributed by atoms with Crippen molar-refractivity contribution >= 4 is 0 Å². The van der Waals surface area contributed by atoms with E-state index in [1.807, 2.05) is 6.92 Å². The number of rotatable bonds is 1. The number of hydrogen-bond acceptors (Lipinski definition) is 4. The summed E-state index contributed by atoms with van der Waals surface area (Å²) in [6.07, 6.45) is -0.793. The molecule has 0 bridgehead atoms. The number of hydrogen-bond donors (Lipinski definition) is 4. The largest absolute Gasteiger partial charge is 0.395 e. The second-order valence-electron chi connectivity index (χ2n) is 3.11. The zero-order valence-electron chi connectivity index (χ0n) is 6.57. The van der Waals surface area contributed by atoms with E-state index in [0.29, 0.717) is 6.42 Å². The van der Waals surface area contributed by atoms with Crippen LogP contribution in [0.2, 0.25) is 0 Å². The molecule has 2 unspecified atom stereocenters. The van der Waals surface area contributed by atoms with Crippen LogP contribution in [0.4, 0.5) is 0 Å². The Labute approximate surface area is 65.9 Å². The maximum atomic E-state index is 9.27. The van der Waals surface area contributed by atoms with Crippen molar-refractivity contribution in [2.24, 2.45) is 0 Å². The molecular weight excluding hydrogens is 146 g/mol. The first-order chi connectivity index (χ1) is 5.15. The molecule has 4 atom stereocenters. The summed E-state index contributed by atoms with van der Waals surface area (Å²) in [6, 6.07) is -0.330. The van der Waals surface area contributed by atoms with Gasteiger partial charge in [0.05, 0.1) is 24.9 Å². The summed E-state index contributed by atoms with van der Waals surface area (Å²) in [7, 11) is 0. The lowest BCUT2D eigenvalue weighted by Crippen LogP contribution is -2.57. The molecule has 0 aliphatic carbocycles. The summed E-state index contributed by atoms with van der Waals surface area (Å²) in [5.74, 6) is 0. The molecule has 11 heavy (non-hydrogen) atoms. The molecule has 0 aromatic heterocycles. The molecule has 1 aliphatic heterocycles. The molecule has 0 aromatic rings. The molecule has 0 spiro atoms. The highest BCUT2D eigenvalue weighted by atomic mass is 16.3. The standard InChI is InChI=1S/C7H15NO3/c1-4-6(10)2-7(11)5(3-9)8-4/h4-11H,2-3H2,1H3/t4?,5-,6+,7?/m1/s1. The summed E-state index contributed by atoms with van der Waals surface area (Å²) in [5.41, 5.74) is 0. The maximum absolute atomic E-state index is 9.27. The van der Waals surface area contributed by atoms with Gasteiger partial charge in [-0.25, -0.2) is 0 Å². The topological polar surface area (TPSA) is 72.7 Å². The van der Waals surface area contributed by atoms with Crippen LogP contribution in [0.3, 0.4) is 0 Å². The van der Waals surface area contributed by atoms with Gasteiger partial charge in [-0.15, -0.1) is 0 Å². The summed E-state index contributed by atoms with van der Waals surface area (Å²) < 4.78 is 0. The number of aliphatic hydroxyl groups is 3. The fraction of sp³-hybridized carbons (Fsp3) is 1.00. The second-order valence-corrected chi connectivity index (χ2v) is 3.11. The molecule has 1 rings (SSSR count). The van der Waals surface area contributed by atoms with Crippen molar-refractivity contribution in [3.05, 3.63) is 0 Å². The minimum atomic E-state index is -0.633. The zero-order valence-corrected chi connectivity index (χ0v) is 6.57. The van der Waals surface area contributed by atoms with Crippen LogP contribution in [0.15, 0.2) is 0 Å². The molecule has 4 N–H and O–H groups in total. The van der Waals surface area contributed by atoms with Crippen LogP contribution in [-0.4, -0.2) is 46.2 Å². The Kier molecular flexibility index (Phi) is 2.84. The van der Waals surface area contributed by atoms with Crippen LogP contribution in [-0.2, 0) is 0 Å². The third-order valence-corrected chi connectivity index (χ3v) is 2.20. The first-order valence-electron chi connectivity index (χ1n) is 3.88. The Morgan fingerprint density at radius 3 is 2.55 bits per heavy atom. The Morgan fingerprint density at radius 1 is 1.36 bits per heavy atom. The predicted octanol–water partition coefficient (Wildman–Crippen LogP) is -1.55. The molecule has 4 nitrogen and oxygen atoms in total. The van der Waals surface area contributed by atoms with Gasteiger partial charge < -0.3 is 20.6 Å². The summed E-state index contributed by atoms with van der Waals surface area (Å²) in [5, 5.41) is 30.2. The van der Waals surface area contributed by atoms with E-state index < -0.39 is 12.2 Å². The molecule has 1 aliphatic rings. The maximum Gasteiger partial charge on any atom is 0.0740 e. The van der Waals surface area contributed by atoms with Crippen LogP contribution in [0.5, 0.6) is 0 Å². The summed E-state index contributed by atoms with van der Waals surface area (Å²) in [4.78, 5) is 0. The van der Waals surface area contributed by atoms with Gasteiger partial charge in [0.2, 0.25) is 0 Å². The third-order valence-electron chi connectivity index (χ3n) is 2.20. The fourth-order valence-corrected chi connectivity index (χ4v) is 1.35. The highest BCUT2D eigenvalue weighted by Gasteiger charge is 2.31. The van der Waals surface area contributed by atoms with E-state index in [9.17, 15) is 10.2 Å². The van der Waals surface area contributed by atoms with Gasteiger partial charge >= 0.3 is 0 Å². The lowest BCUT2D eigenvalue weighted by Gasteiger charge is -2.35. The van der Waals surface area contributed by atoms with Gasteiger partial charge in [0, 0.05) is 12.5 Å². The van der Waals surface area contributed by atoms with Crippen LogP contribution >= 0.6 is 0 Å². The van der Waals surface area contributed by atoms with Gasteiger partial charge in [0.25, 0.3) is 0 Å². The highest BCUT2D eigenvalue weighted by Crippen LogP contribution is 2.13. The van der Waals surface area contributed by atoms with E-state index in [2.05, 4.69) is 5.32 Å². The molecule has 1 heterocycles. The Morgan fingerprint density at radius 2 is 2.00 bits per heavy atom. The van der Waals surface area contributed by atoms with Gasteiger partial charge in [-0.3, -0.25) is 0 Å². The molecule has 1 fully saturated rings. The molecule has 1 saturated heterocycles. The minimum absolute atomic E-state index is 0.0458. The average molecular weight is 161 g/mol. The lowest BCUT2D eigenvalue weighted by molar-refractivity contribution is -0.0151. The SMILES string of the molecule is CC1N[C@H](CO)C(O)C[C@@H]1O. The zero-order chi connectivity index (χ0) is 8.43. The van der Waals surface area contributed by atoms with E-state index in [0.717, 1.165) is 0 Å². The van der Waals surface area contributed by atoms with E-state index >= 15 is 0 Å². The molecule has 0 aromatic carbocycles. The van der Waals surface area contributed by atoms with Crippen molar-refractivity contribution in [1.82, 2.24) is 5.32 Å². The molecule has 4 heteroatoms. The first-order valence-corrected chi connectivity index (χ1v) is 3.88. The van der Waals surface area contributed by atoms with Gasteiger partial charge in [-0.1, -0.05) is 0 Å². The molecule has 66 valence electrons. The van der Waals surface area contributed by atoms with Crippen molar-refractivity contribution in [1.29, 1.82) is 0 Å². The fourth-order valence-electron chi connectivity index (χ4n) is 1.35.